The van der Waals surface area contributed by atoms with E-state index in [-0.39, 0.29) is 24.6 Å². The van der Waals surface area contributed by atoms with E-state index in [0.29, 0.717) is 23.5 Å². The molecule has 3 rings (SSSR count). The van der Waals surface area contributed by atoms with Gasteiger partial charge in [-0.1, -0.05) is 37.1 Å². The molecule has 1 aliphatic carbocycles. The van der Waals surface area contributed by atoms with Crippen molar-refractivity contribution in [3.8, 4) is 5.75 Å². The number of nitrogens with two attached hydrogens (primary N) is 2. The Morgan fingerprint density at radius 3 is 2.38 bits per heavy atom. The largest absolute Gasteiger partial charge is 0.462 e. The summed E-state index contributed by atoms with van der Waals surface area (Å²) in [4.78, 5) is 24.7. The van der Waals surface area contributed by atoms with Crippen molar-refractivity contribution < 1.29 is 23.8 Å². The van der Waals surface area contributed by atoms with Gasteiger partial charge in [0.15, 0.2) is 0 Å². The second kappa shape index (κ2) is 16.4. The lowest BCUT2D eigenvalue weighted by atomic mass is 9.87. The highest BCUT2D eigenvalue weighted by Gasteiger charge is 2.28. The van der Waals surface area contributed by atoms with Crippen molar-refractivity contribution in [2.45, 2.75) is 70.3 Å². The predicted octanol–water partition coefficient (Wildman–Crippen LogP) is 6.27. The first-order valence-electron chi connectivity index (χ1n) is 14.0. The third-order valence-corrected chi connectivity index (χ3v) is 6.96. The molecule has 4 N–H and O–H groups in total. The van der Waals surface area contributed by atoms with Gasteiger partial charge in [0.05, 0.1) is 18.6 Å². The van der Waals surface area contributed by atoms with Gasteiger partial charge in [-0.05, 0) is 86.4 Å². The van der Waals surface area contributed by atoms with Gasteiger partial charge < -0.3 is 25.7 Å². The molecule has 2 aromatic rings. The number of benzene rings is 2. The predicted molar refractivity (Wildman–Crippen MR) is 156 cm³/mol. The number of carbonyl (C=O) groups excluding carboxylic acids is 2. The minimum atomic E-state index is -0.442. The van der Waals surface area contributed by atoms with Gasteiger partial charge in [-0.3, -0.25) is 4.79 Å². The third-order valence-electron chi connectivity index (χ3n) is 6.96. The highest BCUT2D eigenvalue weighted by molar-refractivity contribution is 5.87. The number of ether oxygens (including phenoxy) is 3. The lowest BCUT2D eigenvalue weighted by Crippen LogP contribution is -2.29. The number of carbonyl (C=O) groups is 2. The van der Waals surface area contributed by atoms with Crippen LogP contribution in [0.25, 0.3) is 6.08 Å². The number of esters is 2. The van der Waals surface area contributed by atoms with Crippen LogP contribution < -0.4 is 16.2 Å². The minimum absolute atomic E-state index is 0.0957. The van der Waals surface area contributed by atoms with Gasteiger partial charge in [0.1, 0.15) is 5.75 Å². The Morgan fingerprint density at radius 1 is 0.923 bits per heavy atom. The van der Waals surface area contributed by atoms with E-state index in [9.17, 15) is 9.59 Å². The first-order valence-corrected chi connectivity index (χ1v) is 14.0. The van der Waals surface area contributed by atoms with Gasteiger partial charge in [-0.25, -0.2) is 4.79 Å². The molecule has 0 aliphatic heterocycles. The summed E-state index contributed by atoms with van der Waals surface area (Å²) < 4.78 is 16.9. The summed E-state index contributed by atoms with van der Waals surface area (Å²) in [5.41, 5.74) is 14.5. The van der Waals surface area contributed by atoms with E-state index in [2.05, 4.69) is 6.58 Å². The number of hydrogen-bond donors (Lipinski definition) is 2. The van der Waals surface area contributed by atoms with Crippen molar-refractivity contribution in [3.05, 3.63) is 72.3 Å². The molecule has 1 fully saturated rings. The number of anilines is 2. The summed E-state index contributed by atoms with van der Waals surface area (Å²) in [5.74, 6) is -0.232. The maximum absolute atomic E-state index is 12.6. The SMILES string of the molecule is C=CCCCCCCOC1CCC(C(=O)Oc2ccc(C=CC(=O)OCCc3ccc(N)cc3N)cc2)CC1. The topological polar surface area (TPSA) is 114 Å². The van der Waals surface area contributed by atoms with Crippen LogP contribution in [0.3, 0.4) is 0 Å². The Bertz CT molecular complexity index is 1090. The Hall–Kier alpha value is -3.58. The number of hydrogen-bond acceptors (Lipinski definition) is 7. The lowest BCUT2D eigenvalue weighted by molar-refractivity contribution is -0.141. The molecular weight excluding hydrogens is 492 g/mol. The van der Waals surface area contributed by atoms with Crippen LogP contribution in [0.15, 0.2) is 61.2 Å². The zero-order chi connectivity index (χ0) is 27.9. The molecule has 0 bridgehead atoms. The van der Waals surface area contributed by atoms with Crippen LogP contribution in [0.5, 0.6) is 5.75 Å². The fraction of sp³-hybridized carbons (Fsp3) is 0.438. The zero-order valence-electron chi connectivity index (χ0n) is 22.8. The van der Waals surface area contributed by atoms with Crippen molar-refractivity contribution in [1.82, 2.24) is 0 Å². The molecule has 7 heteroatoms. The van der Waals surface area contributed by atoms with E-state index in [1.165, 1.54) is 25.3 Å². The maximum atomic E-state index is 12.6. The number of rotatable bonds is 15. The molecule has 7 nitrogen and oxygen atoms in total. The normalized spacial score (nSPS) is 17.1. The maximum Gasteiger partial charge on any atom is 0.330 e. The Morgan fingerprint density at radius 2 is 1.67 bits per heavy atom. The fourth-order valence-corrected chi connectivity index (χ4v) is 4.62. The van der Waals surface area contributed by atoms with E-state index in [4.69, 9.17) is 25.7 Å². The monoisotopic (exact) mass is 534 g/mol. The van der Waals surface area contributed by atoms with Crippen LogP contribution in [-0.2, 0) is 25.5 Å². The van der Waals surface area contributed by atoms with Gasteiger partial charge in [0, 0.05) is 30.5 Å². The average molecular weight is 535 g/mol. The van der Waals surface area contributed by atoms with Crippen LogP contribution in [0.2, 0.25) is 0 Å². The molecule has 0 atom stereocenters. The summed E-state index contributed by atoms with van der Waals surface area (Å²) in [6.45, 7) is 4.77. The molecular formula is C32H42N2O5. The Labute approximate surface area is 232 Å². The van der Waals surface area contributed by atoms with Crippen molar-refractivity contribution in [2.75, 3.05) is 24.7 Å². The van der Waals surface area contributed by atoms with Gasteiger partial charge in [0.2, 0.25) is 0 Å². The first kappa shape index (κ1) is 30.0. The van der Waals surface area contributed by atoms with E-state index < -0.39 is 5.97 Å². The van der Waals surface area contributed by atoms with Crippen molar-refractivity contribution in [3.63, 3.8) is 0 Å². The van der Waals surface area contributed by atoms with Crippen LogP contribution >= 0.6 is 0 Å². The summed E-state index contributed by atoms with van der Waals surface area (Å²) in [7, 11) is 0. The summed E-state index contributed by atoms with van der Waals surface area (Å²) in [6, 6.07) is 12.3. The second-order valence-electron chi connectivity index (χ2n) is 10.0. The van der Waals surface area contributed by atoms with Crippen LogP contribution in [0.4, 0.5) is 11.4 Å². The van der Waals surface area contributed by atoms with Crippen LogP contribution in [0.1, 0.15) is 68.9 Å². The van der Waals surface area contributed by atoms with Gasteiger partial charge in [0.25, 0.3) is 0 Å². The number of allylic oxidation sites excluding steroid dienone is 1. The fourth-order valence-electron chi connectivity index (χ4n) is 4.62. The molecule has 0 radical (unpaired) electrons. The molecule has 210 valence electrons. The number of unbranched alkanes of at least 4 members (excludes halogenated alkanes) is 4. The molecule has 0 aromatic heterocycles. The molecule has 1 saturated carbocycles. The average Bonchev–Trinajstić information content (AvgIpc) is 2.93. The summed E-state index contributed by atoms with van der Waals surface area (Å²) in [5, 5.41) is 0. The molecule has 0 spiro atoms. The van der Waals surface area contributed by atoms with E-state index in [1.807, 2.05) is 12.1 Å². The highest BCUT2D eigenvalue weighted by Crippen LogP contribution is 2.28. The van der Waals surface area contributed by atoms with Gasteiger partial charge in [-0.15, -0.1) is 6.58 Å². The molecule has 39 heavy (non-hydrogen) atoms. The Kier molecular flexibility index (Phi) is 12.6. The molecule has 0 saturated heterocycles. The van der Waals surface area contributed by atoms with Crippen molar-refractivity contribution in [1.29, 1.82) is 0 Å². The molecule has 1 aliphatic rings. The van der Waals surface area contributed by atoms with E-state index >= 15 is 0 Å². The minimum Gasteiger partial charge on any atom is -0.462 e. The number of nitrogen functional groups attached to an aromatic ring is 2. The molecule has 2 aromatic carbocycles. The highest BCUT2D eigenvalue weighted by atomic mass is 16.5. The first-order chi connectivity index (χ1) is 18.9. The van der Waals surface area contributed by atoms with Crippen molar-refractivity contribution >= 4 is 29.4 Å². The van der Waals surface area contributed by atoms with E-state index in [0.717, 1.165) is 56.3 Å². The van der Waals surface area contributed by atoms with Gasteiger partial charge >= 0.3 is 11.9 Å². The zero-order valence-corrected chi connectivity index (χ0v) is 22.8. The quantitative estimate of drug-likeness (QED) is 0.0691. The van der Waals surface area contributed by atoms with Crippen LogP contribution in [0, 0.1) is 5.92 Å². The second-order valence-corrected chi connectivity index (χ2v) is 10.0. The summed E-state index contributed by atoms with van der Waals surface area (Å²) >= 11 is 0. The van der Waals surface area contributed by atoms with Crippen LogP contribution in [-0.4, -0.2) is 31.3 Å². The smallest absolute Gasteiger partial charge is 0.330 e. The van der Waals surface area contributed by atoms with Crippen molar-refractivity contribution in [2.24, 2.45) is 5.92 Å². The molecule has 0 heterocycles. The van der Waals surface area contributed by atoms with Gasteiger partial charge in [-0.2, -0.15) is 0 Å². The molecule has 0 amide bonds. The van der Waals surface area contributed by atoms with E-state index in [1.54, 1.807) is 42.5 Å². The lowest BCUT2D eigenvalue weighted by Gasteiger charge is -2.27. The Balaban J connectivity index is 1.31. The summed E-state index contributed by atoms with van der Waals surface area (Å²) in [6.07, 6.45) is 14.9. The standard InChI is InChI=1S/C32H42N2O5/c1-2-3-4-5-6-7-21-37-28-17-12-26(13-18-28)32(36)39-29-15-8-24(9-16-29)10-19-31(35)38-22-20-25-11-14-27(33)23-30(25)34/h2,8-11,14-16,19,23,26,28H,1,3-7,12-13,17-18,20-22,33-34H2. The third kappa shape index (κ3) is 11.0. The molecule has 0 unspecified atom stereocenters.